The third-order valence-corrected chi connectivity index (χ3v) is 3.32. The zero-order chi connectivity index (χ0) is 14.1. The zero-order valence-corrected chi connectivity index (χ0v) is 11.8. The SMILES string of the molecule is O=C(Nc1ccc(O)cc1)c1cc2ccc(Br)cc2o1. The van der Waals surface area contributed by atoms with E-state index in [1.807, 2.05) is 18.2 Å². The molecule has 3 aromatic rings. The van der Waals surface area contributed by atoms with Crippen molar-refractivity contribution in [2.45, 2.75) is 0 Å². The molecule has 0 aliphatic heterocycles. The molecule has 1 amide bonds. The third kappa shape index (κ3) is 2.53. The lowest BCUT2D eigenvalue weighted by Gasteiger charge is -2.02. The standard InChI is InChI=1S/C15H10BrNO3/c16-10-2-1-9-7-14(20-13(9)8-10)15(19)17-11-3-5-12(18)6-4-11/h1-8,18H,(H,17,19). The van der Waals surface area contributed by atoms with Gasteiger partial charge in [0.1, 0.15) is 11.3 Å². The van der Waals surface area contributed by atoms with Crippen LogP contribution in [-0.4, -0.2) is 11.0 Å². The average Bonchev–Trinajstić information content (AvgIpc) is 2.84. The first-order chi connectivity index (χ1) is 9.61. The van der Waals surface area contributed by atoms with E-state index in [4.69, 9.17) is 4.42 Å². The van der Waals surface area contributed by atoms with E-state index < -0.39 is 0 Å². The van der Waals surface area contributed by atoms with Gasteiger partial charge in [-0.15, -0.1) is 0 Å². The Hall–Kier alpha value is -2.27. The molecule has 2 N–H and O–H groups in total. The number of anilines is 1. The Morgan fingerprint density at radius 3 is 2.60 bits per heavy atom. The molecule has 0 bridgehead atoms. The fraction of sp³-hybridized carbons (Fsp3) is 0. The van der Waals surface area contributed by atoms with E-state index in [9.17, 15) is 9.90 Å². The molecular formula is C15H10BrNO3. The van der Waals surface area contributed by atoms with Crippen LogP contribution in [0.4, 0.5) is 5.69 Å². The van der Waals surface area contributed by atoms with Crippen LogP contribution in [0.25, 0.3) is 11.0 Å². The van der Waals surface area contributed by atoms with E-state index in [0.717, 1.165) is 9.86 Å². The van der Waals surface area contributed by atoms with E-state index in [2.05, 4.69) is 21.2 Å². The van der Waals surface area contributed by atoms with Crippen LogP contribution >= 0.6 is 15.9 Å². The normalized spacial score (nSPS) is 10.7. The van der Waals surface area contributed by atoms with Gasteiger partial charge >= 0.3 is 0 Å². The number of phenolic OH excluding ortho intramolecular Hbond substituents is 1. The minimum atomic E-state index is -0.331. The first-order valence-corrected chi connectivity index (χ1v) is 6.70. The van der Waals surface area contributed by atoms with Gasteiger partial charge in [-0.05, 0) is 48.5 Å². The lowest BCUT2D eigenvalue weighted by atomic mass is 10.2. The summed E-state index contributed by atoms with van der Waals surface area (Å²) < 4.78 is 6.41. The summed E-state index contributed by atoms with van der Waals surface area (Å²) in [5, 5.41) is 12.8. The lowest BCUT2D eigenvalue weighted by Crippen LogP contribution is -2.10. The summed E-state index contributed by atoms with van der Waals surface area (Å²) in [5.41, 5.74) is 1.24. The van der Waals surface area contributed by atoms with Crippen molar-refractivity contribution in [3.05, 3.63) is 58.8 Å². The summed E-state index contributed by atoms with van der Waals surface area (Å²) in [7, 11) is 0. The third-order valence-electron chi connectivity index (χ3n) is 2.83. The van der Waals surface area contributed by atoms with Gasteiger partial charge in [-0.1, -0.05) is 15.9 Å². The van der Waals surface area contributed by atoms with Crippen molar-refractivity contribution in [2.75, 3.05) is 5.32 Å². The van der Waals surface area contributed by atoms with Crippen LogP contribution in [0.2, 0.25) is 0 Å². The molecular weight excluding hydrogens is 322 g/mol. The molecule has 5 heteroatoms. The molecule has 0 radical (unpaired) electrons. The molecule has 0 spiro atoms. The summed E-state index contributed by atoms with van der Waals surface area (Å²) >= 11 is 3.36. The number of amides is 1. The monoisotopic (exact) mass is 331 g/mol. The minimum Gasteiger partial charge on any atom is -0.508 e. The molecule has 1 aromatic heterocycles. The predicted octanol–water partition coefficient (Wildman–Crippen LogP) is 4.15. The summed E-state index contributed by atoms with van der Waals surface area (Å²) in [6.45, 7) is 0. The second-order valence-electron chi connectivity index (χ2n) is 4.29. The van der Waals surface area contributed by atoms with E-state index in [1.54, 1.807) is 18.2 Å². The molecule has 4 nitrogen and oxygen atoms in total. The summed E-state index contributed by atoms with van der Waals surface area (Å²) in [6, 6.07) is 13.5. The van der Waals surface area contributed by atoms with Crippen LogP contribution in [0, 0.1) is 0 Å². The maximum absolute atomic E-state index is 12.1. The topological polar surface area (TPSA) is 62.5 Å². The maximum atomic E-state index is 12.1. The van der Waals surface area contributed by atoms with Crippen LogP contribution in [0.1, 0.15) is 10.6 Å². The number of nitrogens with one attached hydrogen (secondary N) is 1. The molecule has 0 atom stereocenters. The number of fused-ring (bicyclic) bond motifs is 1. The van der Waals surface area contributed by atoms with Crippen molar-refractivity contribution in [1.82, 2.24) is 0 Å². The molecule has 20 heavy (non-hydrogen) atoms. The molecule has 0 fully saturated rings. The molecule has 3 rings (SSSR count). The van der Waals surface area contributed by atoms with Crippen LogP contribution < -0.4 is 5.32 Å². The molecule has 1 heterocycles. The van der Waals surface area contributed by atoms with Crippen molar-refractivity contribution >= 4 is 38.5 Å². The highest BCUT2D eigenvalue weighted by Gasteiger charge is 2.12. The molecule has 0 saturated heterocycles. The molecule has 0 aliphatic rings. The summed E-state index contributed by atoms with van der Waals surface area (Å²) in [6.07, 6.45) is 0. The Balaban J connectivity index is 1.86. The minimum absolute atomic E-state index is 0.150. The Morgan fingerprint density at radius 2 is 1.85 bits per heavy atom. The Labute approximate surface area is 123 Å². The van der Waals surface area contributed by atoms with Crippen molar-refractivity contribution in [3.8, 4) is 5.75 Å². The number of halogens is 1. The van der Waals surface area contributed by atoms with Gasteiger partial charge in [-0.2, -0.15) is 0 Å². The molecule has 0 unspecified atom stereocenters. The number of carbonyl (C=O) groups is 1. The van der Waals surface area contributed by atoms with Gasteiger partial charge in [0, 0.05) is 15.5 Å². The van der Waals surface area contributed by atoms with E-state index >= 15 is 0 Å². The van der Waals surface area contributed by atoms with Crippen LogP contribution in [-0.2, 0) is 0 Å². The van der Waals surface area contributed by atoms with Gasteiger partial charge in [-0.3, -0.25) is 4.79 Å². The van der Waals surface area contributed by atoms with Crippen LogP contribution in [0.5, 0.6) is 5.75 Å². The first kappa shape index (κ1) is 12.7. The second-order valence-corrected chi connectivity index (χ2v) is 5.21. The highest BCUT2D eigenvalue weighted by atomic mass is 79.9. The number of carbonyl (C=O) groups excluding carboxylic acids is 1. The molecule has 2 aromatic carbocycles. The Morgan fingerprint density at radius 1 is 1.10 bits per heavy atom. The highest BCUT2D eigenvalue weighted by molar-refractivity contribution is 9.10. The molecule has 0 saturated carbocycles. The number of hydrogen-bond acceptors (Lipinski definition) is 3. The van der Waals surface area contributed by atoms with Gasteiger partial charge in [-0.25, -0.2) is 0 Å². The predicted molar refractivity (Wildman–Crippen MR) is 80.0 cm³/mol. The smallest absolute Gasteiger partial charge is 0.291 e. The fourth-order valence-corrected chi connectivity index (χ4v) is 2.19. The van der Waals surface area contributed by atoms with Crippen LogP contribution in [0.15, 0.2) is 57.4 Å². The highest BCUT2D eigenvalue weighted by Crippen LogP contribution is 2.24. The van der Waals surface area contributed by atoms with Crippen molar-refractivity contribution in [2.24, 2.45) is 0 Å². The van der Waals surface area contributed by atoms with Crippen molar-refractivity contribution < 1.29 is 14.3 Å². The van der Waals surface area contributed by atoms with Crippen molar-refractivity contribution in [1.29, 1.82) is 0 Å². The number of benzene rings is 2. The number of phenols is 1. The van der Waals surface area contributed by atoms with Gasteiger partial charge in [0.15, 0.2) is 5.76 Å². The van der Waals surface area contributed by atoms with Gasteiger partial charge in [0.2, 0.25) is 0 Å². The summed E-state index contributed by atoms with van der Waals surface area (Å²) in [4.78, 5) is 12.1. The van der Waals surface area contributed by atoms with Gasteiger partial charge in [0.05, 0.1) is 0 Å². The number of furan rings is 1. The van der Waals surface area contributed by atoms with Gasteiger partial charge < -0.3 is 14.8 Å². The first-order valence-electron chi connectivity index (χ1n) is 5.91. The largest absolute Gasteiger partial charge is 0.508 e. The zero-order valence-electron chi connectivity index (χ0n) is 10.3. The molecule has 0 aliphatic carbocycles. The number of rotatable bonds is 2. The van der Waals surface area contributed by atoms with E-state index in [1.165, 1.54) is 12.1 Å². The maximum Gasteiger partial charge on any atom is 0.291 e. The molecule has 100 valence electrons. The van der Waals surface area contributed by atoms with E-state index in [-0.39, 0.29) is 17.4 Å². The fourth-order valence-electron chi connectivity index (χ4n) is 1.85. The van der Waals surface area contributed by atoms with Gasteiger partial charge in [0.25, 0.3) is 5.91 Å². The number of hydrogen-bond donors (Lipinski definition) is 2. The lowest BCUT2D eigenvalue weighted by molar-refractivity contribution is 0.0998. The average molecular weight is 332 g/mol. The quantitative estimate of drug-likeness (QED) is 0.693. The number of aromatic hydroxyl groups is 1. The van der Waals surface area contributed by atoms with Crippen LogP contribution in [0.3, 0.4) is 0 Å². The summed E-state index contributed by atoms with van der Waals surface area (Å²) in [5.74, 6) is 0.0609. The Bertz CT molecular complexity index is 777. The van der Waals surface area contributed by atoms with Crippen molar-refractivity contribution in [3.63, 3.8) is 0 Å². The second kappa shape index (κ2) is 5.02. The Kier molecular flexibility index (Phi) is 3.20. The van der Waals surface area contributed by atoms with E-state index in [0.29, 0.717) is 11.3 Å².